The molecule has 12 nitrogen and oxygen atoms in total. The smallest absolute Gasteiger partial charge is 0.410 e. The maximum atomic E-state index is 12.3. The molecule has 0 radical (unpaired) electrons. The second-order valence-corrected chi connectivity index (χ2v) is 7.91. The second-order valence-electron chi connectivity index (χ2n) is 7.12. The van der Waals surface area contributed by atoms with E-state index in [-0.39, 0.29) is 12.4 Å². The molecule has 2 aromatic carbocycles. The number of aliphatic imine (C=N–C) groups is 1. The van der Waals surface area contributed by atoms with E-state index in [1.165, 1.54) is 6.07 Å². The average Bonchev–Trinajstić information content (AvgIpc) is 3.28. The Morgan fingerprint density at radius 3 is 2.91 bits per heavy atom. The van der Waals surface area contributed by atoms with Gasteiger partial charge in [0.05, 0.1) is 34.2 Å². The van der Waals surface area contributed by atoms with E-state index in [9.17, 15) is 4.79 Å². The van der Waals surface area contributed by atoms with Crippen molar-refractivity contribution in [2.75, 3.05) is 18.4 Å². The molecule has 13 heteroatoms. The Bertz CT molecular complexity index is 1210. The number of benzene rings is 2. The van der Waals surface area contributed by atoms with Crippen molar-refractivity contribution in [2.24, 2.45) is 4.99 Å². The third-order valence-electron chi connectivity index (χ3n) is 4.85. The van der Waals surface area contributed by atoms with Crippen LogP contribution in [0.3, 0.4) is 0 Å². The summed E-state index contributed by atoms with van der Waals surface area (Å²) in [4.78, 5) is 31.8. The van der Waals surface area contributed by atoms with E-state index in [1.807, 2.05) is 12.1 Å². The van der Waals surface area contributed by atoms with Gasteiger partial charge < -0.3 is 19.7 Å². The highest BCUT2D eigenvalue weighted by Crippen LogP contribution is 2.29. The number of hydrogen-bond acceptors (Lipinski definition) is 12. The monoisotopic (exact) mass is 532 g/mol. The second kappa shape index (κ2) is 10.7. The molecule has 0 saturated heterocycles. The van der Waals surface area contributed by atoms with Crippen molar-refractivity contribution in [3.8, 4) is 5.75 Å². The van der Waals surface area contributed by atoms with Gasteiger partial charge >= 0.3 is 6.16 Å². The molecule has 1 unspecified atom stereocenters. The number of nitrogens with one attached hydrogen (secondary N) is 1. The topological polar surface area (TPSA) is 142 Å². The fourth-order valence-corrected chi connectivity index (χ4v) is 3.84. The van der Waals surface area contributed by atoms with Gasteiger partial charge in [-0.15, -0.1) is 0 Å². The van der Waals surface area contributed by atoms with Crippen LogP contribution in [0.1, 0.15) is 12.5 Å². The van der Waals surface area contributed by atoms with Gasteiger partial charge in [-0.3, -0.25) is 25.4 Å². The third kappa shape index (κ3) is 5.76. The Kier molecular flexibility index (Phi) is 7.49. The zero-order valence-corrected chi connectivity index (χ0v) is 19.5. The lowest BCUT2D eigenvalue weighted by molar-refractivity contribution is -0.497. The SMILES string of the molecule is CC(OC(=O)Oc1cccc(CON(O)O)c1)N1CCN=C1Nc1ccc2nccnc2c1Br. The van der Waals surface area contributed by atoms with Gasteiger partial charge in [0.25, 0.3) is 0 Å². The van der Waals surface area contributed by atoms with Crippen LogP contribution < -0.4 is 10.1 Å². The summed E-state index contributed by atoms with van der Waals surface area (Å²) in [6, 6.07) is 10.1. The maximum Gasteiger partial charge on any atom is 0.515 e. The number of anilines is 1. The first-order valence-corrected chi connectivity index (χ1v) is 11.0. The summed E-state index contributed by atoms with van der Waals surface area (Å²) >= 11 is 3.57. The Morgan fingerprint density at radius 2 is 2.09 bits per heavy atom. The van der Waals surface area contributed by atoms with Crippen LogP contribution in [-0.2, 0) is 16.2 Å². The van der Waals surface area contributed by atoms with E-state index < -0.39 is 17.8 Å². The molecule has 178 valence electrons. The molecule has 0 aliphatic carbocycles. The first-order chi connectivity index (χ1) is 16.4. The minimum atomic E-state index is -0.898. The number of hydrogen-bond donors (Lipinski definition) is 3. The van der Waals surface area contributed by atoms with Crippen LogP contribution in [0.4, 0.5) is 10.5 Å². The van der Waals surface area contributed by atoms with E-state index in [1.54, 1.807) is 42.4 Å². The molecule has 1 atom stereocenters. The number of nitrogens with zero attached hydrogens (tertiary/aromatic N) is 5. The Hall–Kier alpha value is -3.36. The van der Waals surface area contributed by atoms with Crippen molar-refractivity contribution in [3.63, 3.8) is 0 Å². The first kappa shape index (κ1) is 23.8. The van der Waals surface area contributed by atoms with Crippen molar-refractivity contribution in [1.82, 2.24) is 20.3 Å². The van der Waals surface area contributed by atoms with Crippen LogP contribution >= 0.6 is 15.9 Å². The number of ether oxygens (including phenoxy) is 2. The molecule has 3 N–H and O–H groups in total. The van der Waals surface area contributed by atoms with Crippen molar-refractivity contribution in [3.05, 3.63) is 58.8 Å². The number of rotatable bonds is 7. The quantitative estimate of drug-likeness (QED) is 0.233. The summed E-state index contributed by atoms with van der Waals surface area (Å²) in [6.07, 6.45) is 1.69. The van der Waals surface area contributed by atoms with Gasteiger partial charge in [0.15, 0.2) is 6.23 Å². The summed E-state index contributed by atoms with van der Waals surface area (Å²) in [5.74, 6) is 0.760. The molecule has 2 heterocycles. The highest BCUT2D eigenvalue weighted by Gasteiger charge is 2.26. The Labute approximate surface area is 202 Å². The van der Waals surface area contributed by atoms with Crippen molar-refractivity contribution >= 4 is 44.8 Å². The molecule has 1 aliphatic heterocycles. The van der Waals surface area contributed by atoms with Gasteiger partial charge in [0.1, 0.15) is 11.3 Å². The maximum absolute atomic E-state index is 12.3. The third-order valence-corrected chi connectivity index (χ3v) is 5.65. The van der Waals surface area contributed by atoms with Crippen molar-refractivity contribution in [1.29, 1.82) is 0 Å². The minimum Gasteiger partial charge on any atom is -0.410 e. The van der Waals surface area contributed by atoms with Crippen molar-refractivity contribution in [2.45, 2.75) is 19.8 Å². The van der Waals surface area contributed by atoms with Gasteiger partial charge in [-0.1, -0.05) is 12.1 Å². The molecule has 4 rings (SSSR count). The standard InChI is InChI=1S/C21H21BrN6O6/c1-13(33-21(29)34-15-4-2-3-14(11-15)12-32-28(30)31)27-10-9-25-20(27)26-16-5-6-17-19(18(16)22)24-8-7-23-17/h2-8,11,13,30-31H,9-10,12H2,1H3,(H,25,26). The lowest BCUT2D eigenvalue weighted by atomic mass is 10.2. The lowest BCUT2D eigenvalue weighted by Crippen LogP contribution is -2.42. The fraction of sp³-hybridized carbons (Fsp3) is 0.238. The number of aromatic nitrogens is 2. The Balaban J connectivity index is 1.37. The number of guanidine groups is 1. The van der Waals surface area contributed by atoms with E-state index in [2.05, 4.69) is 41.0 Å². The number of fused-ring (bicyclic) bond motifs is 1. The molecule has 1 aromatic heterocycles. The highest BCUT2D eigenvalue weighted by molar-refractivity contribution is 9.10. The van der Waals surface area contributed by atoms with E-state index in [0.29, 0.717) is 30.1 Å². The molecule has 0 spiro atoms. The van der Waals surface area contributed by atoms with Gasteiger partial charge in [0, 0.05) is 18.9 Å². The van der Waals surface area contributed by atoms with Gasteiger partial charge in [-0.2, -0.15) is 0 Å². The normalized spacial score (nSPS) is 14.3. The van der Waals surface area contributed by atoms with Crippen LogP contribution in [0.2, 0.25) is 0 Å². The molecule has 3 aromatic rings. The zero-order valence-electron chi connectivity index (χ0n) is 18.0. The lowest BCUT2D eigenvalue weighted by Gasteiger charge is -2.27. The van der Waals surface area contributed by atoms with Crippen LogP contribution in [0, 0.1) is 0 Å². The van der Waals surface area contributed by atoms with E-state index in [4.69, 9.17) is 19.9 Å². The number of carbonyl (C=O) groups is 1. The molecule has 1 aliphatic rings. The van der Waals surface area contributed by atoms with Crippen LogP contribution in [-0.4, -0.2) is 62.1 Å². The zero-order chi connectivity index (χ0) is 24.1. The highest BCUT2D eigenvalue weighted by atomic mass is 79.9. The fourth-order valence-electron chi connectivity index (χ4n) is 3.30. The van der Waals surface area contributed by atoms with Crippen LogP contribution in [0.15, 0.2) is 58.3 Å². The van der Waals surface area contributed by atoms with Gasteiger partial charge in [0.2, 0.25) is 5.96 Å². The van der Waals surface area contributed by atoms with Crippen molar-refractivity contribution < 1.29 is 29.5 Å². The summed E-state index contributed by atoms with van der Waals surface area (Å²) in [5.41, 5.74) is 2.76. The molecule has 0 bridgehead atoms. The molecule has 0 fully saturated rings. The summed E-state index contributed by atoms with van der Waals surface area (Å²) in [7, 11) is 0. The van der Waals surface area contributed by atoms with Gasteiger partial charge in [-0.25, -0.2) is 9.63 Å². The minimum absolute atomic E-state index is 0.134. The van der Waals surface area contributed by atoms with Gasteiger partial charge in [-0.05, 0) is 52.7 Å². The predicted octanol–water partition coefficient (Wildman–Crippen LogP) is 3.55. The number of halogens is 1. The summed E-state index contributed by atoms with van der Waals surface area (Å²) in [5, 5.41) is 20.1. The Morgan fingerprint density at radius 1 is 1.26 bits per heavy atom. The summed E-state index contributed by atoms with van der Waals surface area (Å²) < 4.78 is 11.4. The van der Waals surface area contributed by atoms with E-state index in [0.717, 1.165) is 15.7 Å². The van der Waals surface area contributed by atoms with Crippen LogP contribution in [0.25, 0.3) is 11.0 Å². The van der Waals surface area contributed by atoms with E-state index >= 15 is 0 Å². The molecule has 34 heavy (non-hydrogen) atoms. The average molecular weight is 533 g/mol. The number of carbonyl (C=O) groups excluding carboxylic acids is 1. The predicted molar refractivity (Wildman–Crippen MR) is 123 cm³/mol. The molecule has 0 saturated carbocycles. The molecule has 0 amide bonds. The largest absolute Gasteiger partial charge is 0.515 e. The molecular weight excluding hydrogens is 512 g/mol. The first-order valence-electron chi connectivity index (χ1n) is 10.2. The van der Waals surface area contributed by atoms with Crippen LogP contribution in [0.5, 0.6) is 5.75 Å². The molecular formula is C21H21BrN6O6. The summed E-state index contributed by atoms with van der Waals surface area (Å²) in [6.45, 7) is 2.66.